The summed E-state index contributed by atoms with van der Waals surface area (Å²) in [5.74, 6) is 1.75. The maximum atomic E-state index is 5.68. The van der Waals surface area contributed by atoms with Crippen LogP contribution in [0.5, 0.6) is 0 Å². The minimum atomic E-state index is 0.784. The van der Waals surface area contributed by atoms with Crippen LogP contribution in [0.4, 0.5) is 0 Å². The quantitative estimate of drug-likeness (QED) is 0.749. The lowest BCUT2D eigenvalue weighted by atomic mass is 10.1. The molecule has 0 saturated heterocycles. The first kappa shape index (κ1) is 10.2. The van der Waals surface area contributed by atoms with Crippen molar-refractivity contribution in [1.29, 1.82) is 0 Å². The first-order valence-electron chi connectivity index (χ1n) is 5.64. The van der Waals surface area contributed by atoms with E-state index in [-0.39, 0.29) is 0 Å². The highest BCUT2D eigenvalue weighted by atomic mass is 16.4. The van der Waals surface area contributed by atoms with E-state index in [2.05, 4.69) is 30.1 Å². The zero-order chi connectivity index (χ0) is 10.7. The second kappa shape index (κ2) is 4.47. The van der Waals surface area contributed by atoms with Crippen molar-refractivity contribution in [3.63, 3.8) is 0 Å². The zero-order valence-electron chi connectivity index (χ0n) is 9.42. The lowest BCUT2D eigenvalue weighted by Crippen LogP contribution is -1.88. The molecule has 15 heavy (non-hydrogen) atoms. The number of nitrogens with zero attached hydrogens (tertiary/aromatic N) is 1. The summed E-state index contributed by atoms with van der Waals surface area (Å²) in [4.78, 5) is 4.54. The average Bonchev–Trinajstić information content (AvgIpc) is 2.63. The van der Waals surface area contributed by atoms with Crippen molar-refractivity contribution in [3.8, 4) is 0 Å². The van der Waals surface area contributed by atoms with Gasteiger partial charge in [-0.2, -0.15) is 0 Å². The van der Waals surface area contributed by atoms with Crippen LogP contribution < -0.4 is 0 Å². The van der Waals surface area contributed by atoms with Gasteiger partial charge in [0.1, 0.15) is 5.76 Å². The topological polar surface area (TPSA) is 26.0 Å². The van der Waals surface area contributed by atoms with Gasteiger partial charge in [0.2, 0.25) is 5.89 Å². The van der Waals surface area contributed by atoms with Gasteiger partial charge in [-0.05, 0) is 26.2 Å². The maximum absolute atomic E-state index is 5.68. The Morgan fingerprint density at radius 1 is 1.40 bits per heavy atom. The second-order valence-electron chi connectivity index (χ2n) is 3.91. The van der Waals surface area contributed by atoms with Gasteiger partial charge in [-0.25, -0.2) is 4.98 Å². The highest BCUT2D eigenvalue weighted by Gasteiger charge is 2.11. The Labute approximate surface area is 90.7 Å². The highest BCUT2D eigenvalue weighted by Crippen LogP contribution is 2.23. The predicted octanol–water partition coefficient (Wildman–Crippen LogP) is 3.67. The molecule has 0 saturated carbocycles. The van der Waals surface area contributed by atoms with Gasteiger partial charge in [0, 0.05) is 5.57 Å². The molecule has 80 valence electrons. The molecular weight excluding hydrogens is 186 g/mol. The molecular formula is C13H17NO. The van der Waals surface area contributed by atoms with Gasteiger partial charge in [0.25, 0.3) is 0 Å². The summed E-state index contributed by atoms with van der Waals surface area (Å²) in [7, 11) is 0. The van der Waals surface area contributed by atoms with E-state index < -0.39 is 0 Å². The molecule has 2 rings (SSSR count). The van der Waals surface area contributed by atoms with Crippen molar-refractivity contribution in [2.45, 2.75) is 39.5 Å². The number of aromatic nitrogens is 1. The van der Waals surface area contributed by atoms with Crippen LogP contribution in [0, 0.1) is 6.92 Å². The van der Waals surface area contributed by atoms with Crippen molar-refractivity contribution >= 4 is 5.57 Å². The van der Waals surface area contributed by atoms with Crippen molar-refractivity contribution in [2.75, 3.05) is 0 Å². The molecule has 2 heteroatoms. The molecule has 0 bridgehead atoms. The van der Waals surface area contributed by atoms with E-state index >= 15 is 0 Å². The van der Waals surface area contributed by atoms with Gasteiger partial charge in [0.05, 0.1) is 5.69 Å². The summed E-state index contributed by atoms with van der Waals surface area (Å²) in [6, 6.07) is 0. The van der Waals surface area contributed by atoms with Gasteiger partial charge in [0.15, 0.2) is 0 Å². The normalized spacial score (nSPS) is 15.5. The van der Waals surface area contributed by atoms with Crippen LogP contribution in [-0.4, -0.2) is 4.98 Å². The van der Waals surface area contributed by atoms with Gasteiger partial charge in [-0.1, -0.05) is 31.6 Å². The lowest BCUT2D eigenvalue weighted by Gasteiger charge is -2.01. The summed E-state index contributed by atoms with van der Waals surface area (Å²) >= 11 is 0. The van der Waals surface area contributed by atoms with E-state index in [0.717, 1.165) is 48.6 Å². The minimum Gasteiger partial charge on any atom is -0.441 e. The van der Waals surface area contributed by atoms with Gasteiger partial charge in [-0.15, -0.1) is 0 Å². The lowest BCUT2D eigenvalue weighted by molar-refractivity contribution is 0.511. The molecule has 0 aliphatic heterocycles. The smallest absolute Gasteiger partial charge is 0.226 e. The Hall–Kier alpha value is -1.31. The summed E-state index contributed by atoms with van der Waals surface area (Å²) in [6.07, 6.45) is 10.8. The number of hydrogen-bond donors (Lipinski definition) is 0. The molecule has 0 radical (unpaired) electrons. The molecule has 0 spiro atoms. The Kier molecular flexibility index (Phi) is 3.05. The van der Waals surface area contributed by atoms with E-state index in [1.165, 1.54) is 0 Å². The monoisotopic (exact) mass is 203 g/mol. The molecule has 1 aliphatic rings. The fraction of sp³-hybridized carbons (Fsp3) is 0.462. The summed E-state index contributed by atoms with van der Waals surface area (Å²) in [5.41, 5.74) is 2.24. The SMILES string of the molecule is CCCc1nc(C2=CCCC=C2)oc1C. The largest absolute Gasteiger partial charge is 0.441 e. The van der Waals surface area contributed by atoms with E-state index in [1.807, 2.05) is 6.92 Å². The molecule has 1 aliphatic carbocycles. The Morgan fingerprint density at radius 3 is 2.93 bits per heavy atom. The highest BCUT2D eigenvalue weighted by molar-refractivity contribution is 5.69. The van der Waals surface area contributed by atoms with Crippen molar-refractivity contribution in [3.05, 3.63) is 35.6 Å². The third-order valence-corrected chi connectivity index (χ3v) is 2.62. The third-order valence-electron chi connectivity index (χ3n) is 2.62. The number of hydrogen-bond acceptors (Lipinski definition) is 2. The Bertz CT molecular complexity index is 399. The van der Waals surface area contributed by atoms with Gasteiger partial charge < -0.3 is 4.42 Å². The van der Waals surface area contributed by atoms with Crippen LogP contribution in [0.15, 0.2) is 22.6 Å². The number of rotatable bonds is 3. The van der Waals surface area contributed by atoms with Crippen molar-refractivity contribution in [2.24, 2.45) is 0 Å². The van der Waals surface area contributed by atoms with E-state index in [1.54, 1.807) is 0 Å². The number of aryl methyl sites for hydroxylation is 2. The van der Waals surface area contributed by atoms with Crippen LogP contribution in [0.25, 0.3) is 5.57 Å². The van der Waals surface area contributed by atoms with Crippen LogP contribution in [0.2, 0.25) is 0 Å². The maximum Gasteiger partial charge on any atom is 0.226 e. The molecule has 0 fully saturated rings. The van der Waals surface area contributed by atoms with E-state index in [4.69, 9.17) is 4.42 Å². The molecule has 0 unspecified atom stereocenters. The molecule has 0 amide bonds. The molecule has 0 N–H and O–H groups in total. The van der Waals surface area contributed by atoms with E-state index in [0.29, 0.717) is 0 Å². The van der Waals surface area contributed by atoms with Gasteiger partial charge in [-0.3, -0.25) is 0 Å². The summed E-state index contributed by atoms with van der Waals surface area (Å²) in [6.45, 7) is 4.15. The fourth-order valence-electron chi connectivity index (χ4n) is 1.79. The second-order valence-corrected chi connectivity index (χ2v) is 3.91. The number of allylic oxidation sites excluding steroid dienone is 4. The van der Waals surface area contributed by atoms with Crippen LogP contribution >= 0.6 is 0 Å². The van der Waals surface area contributed by atoms with Crippen LogP contribution in [0.1, 0.15) is 43.5 Å². The fourth-order valence-corrected chi connectivity index (χ4v) is 1.79. The standard InChI is InChI=1S/C13H17NO/c1-3-7-12-10(2)15-13(14-12)11-8-5-4-6-9-11/h5,8-9H,3-4,6-7H2,1-2H3. The van der Waals surface area contributed by atoms with Crippen LogP contribution in [-0.2, 0) is 6.42 Å². The molecule has 1 aromatic rings. The zero-order valence-corrected chi connectivity index (χ0v) is 9.42. The average molecular weight is 203 g/mol. The van der Waals surface area contributed by atoms with Crippen molar-refractivity contribution < 1.29 is 4.42 Å². The summed E-state index contributed by atoms with van der Waals surface area (Å²) < 4.78 is 5.68. The number of oxazole rings is 1. The van der Waals surface area contributed by atoms with Crippen molar-refractivity contribution in [1.82, 2.24) is 4.98 Å². The molecule has 0 aromatic carbocycles. The molecule has 1 aromatic heterocycles. The first-order valence-corrected chi connectivity index (χ1v) is 5.64. The van der Waals surface area contributed by atoms with E-state index in [9.17, 15) is 0 Å². The molecule has 0 atom stereocenters. The first-order chi connectivity index (χ1) is 7.31. The summed E-state index contributed by atoms with van der Waals surface area (Å²) in [5, 5.41) is 0. The Balaban J connectivity index is 2.25. The Morgan fingerprint density at radius 2 is 2.27 bits per heavy atom. The van der Waals surface area contributed by atoms with Gasteiger partial charge >= 0.3 is 0 Å². The predicted molar refractivity (Wildman–Crippen MR) is 61.6 cm³/mol. The molecule has 1 heterocycles. The third kappa shape index (κ3) is 2.20. The molecule has 2 nitrogen and oxygen atoms in total. The van der Waals surface area contributed by atoms with Crippen LogP contribution in [0.3, 0.4) is 0 Å². The minimum absolute atomic E-state index is 0.784.